The van der Waals surface area contributed by atoms with Crippen LogP contribution in [-0.2, 0) is 0 Å². The monoisotopic (exact) mass is 209 g/mol. The first-order valence-corrected chi connectivity index (χ1v) is 4.88. The summed E-state index contributed by atoms with van der Waals surface area (Å²) in [6, 6.07) is 4.35. The number of carbonyl (C=O) groups excluding carboxylic acids is 1. The minimum Gasteiger partial charge on any atom is -0.504 e. The summed E-state index contributed by atoms with van der Waals surface area (Å²) in [5.74, 6) is -1.04. The Labute approximate surface area is 88.6 Å². The predicted octanol–water partition coefficient (Wildman–Crippen LogP) is 1.63. The number of phenols is 2. The van der Waals surface area contributed by atoms with E-state index in [1.807, 2.05) is 13.8 Å². The molecule has 0 aliphatic rings. The summed E-state index contributed by atoms with van der Waals surface area (Å²) in [4.78, 5) is 11.6. The lowest BCUT2D eigenvalue weighted by Crippen LogP contribution is -2.31. The summed E-state index contributed by atoms with van der Waals surface area (Å²) in [5.41, 5.74) is 0.0929. The van der Waals surface area contributed by atoms with Gasteiger partial charge < -0.3 is 15.5 Å². The van der Waals surface area contributed by atoms with Crippen LogP contribution in [0.25, 0.3) is 0 Å². The quantitative estimate of drug-likeness (QED) is 0.662. The Morgan fingerprint density at radius 1 is 1.47 bits per heavy atom. The molecule has 0 aliphatic heterocycles. The number of carbonyl (C=O) groups is 1. The second-order valence-corrected chi connectivity index (χ2v) is 3.46. The Balaban J connectivity index is 2.87. The lowest BCUT2D eigenvalue weighted by molar-refractivity contribution is 0.0936. The van der Waals surface area contributed by atoms with Crippen LogP contribution in [0.5, 0.6) is 11.5 Å². The van der Waals surface area contributed by atoms with E-state index in [0.29, 0.717) is 0 Å². The lowest BCUT2D eigenvalue weighted by atomic mass is 10.1. The number of hydrogen-bond acceptors (Lipinski definition) is 3. The summed E-state index contributed by atoms with van der Waals surface area (Å²) < 4.78 is 0. The fraction of sp³-hybridized carbons (Fsp3) is 0.364. The van der Waals surface area contributed by atoms with Crippen LogP contribution in [0.4, 0.5) is 0 Å². The average molecular weight is 209 g/mol. The SMILES string of the molecule is CCC(C)NC(=O)c1cccc(O)c1O. The zero-order valence-corrected chi connectivity index (χ0v) is 8.82. The smallest absolute Gasteiger partial charge is 0.255 e. The third-order valence-electron chi connectivity index (χ3n) is 2.25. The maximum atomic E-state index is 11.6. The van der Waals surface area contributed by atoms with Crippen LogP contribution in [0.2, 0.25) is 0 Å². The molecule has 4 nitrogen and oxygen atoms in total. The molecule has 0 radical (unpaired) electrons. The molecule has 0 aliphatic carbocycles. The van der Waals surface area contributed by atoms with Crippen molar-refractivity contribution in [3.05, 3.63) is 23.8 Å². The van der Waals surface area contributed by atoms with Crippen LogP contribution in [0, 0.1) is 0 Å². The number of hydrogen-bond donors (Lipinski definition) is 3. The Morgan fingerprint density at radius 2 is 2.13 bits per heavy atom. The fourth-order valence-electron chi connectivity index (χ4n) is 1.12. The third kappa shape index (κ3) is 2.62. The minimum absolute atomic E-state index is 0.0410. The van der Waals surface area contributed by atoms with Crippen LogP contribution in [0.15, 0.2) is 18.2 Å². The van der Waals surface area contributed by atoms with E-state index < -0.39 is 0 Å². The zero-order chi connectivity index (χ0) is 11.4. The van der Waals surface area contributed by atoms with E-state index in [2.05, 4.69) is 5.32 Å². The molecule has 0 spiro atoms. The number of phenolic OH excluding ortho intramolecular Hbond substituents is 2. The normalized spacial score (nSPS) is 12.1. The molecular weight excluding hydrogens is 194 g/mol. The molecule has 1 unspecified atom stereocenters. The summed E-state index contributed by atoms with van der Waals surface area (Å²) in [6.07, 6.45) is 0.811. The maximum absolute atomic E-state index is 11.6. The highest BCUT2D eigenvalue weighted by molar-refractivity contribution is 5.97. The molecule has 1 amide bonds. The van der Waals surface area contributed by atoms with Crippen molar-refractivity contribution in [2.24, 2.45) is 0 Å². The number of aromatic hydroxyl groups is 2. The molecule has 4 heteroatoms. The van der Waals surface area contributed by atoms with E-state index >= 15 is 0 Å². The van der Waals surface area contributed by atoms with Crippen molar-refractivity contribution in [3.63, 3.8) is 0 Å². The number of amides is 1. The van der Waals surface area contributed by atoms with Crippen LogP contribution < -0.4 is 5.32 Å². The Hall–Kier alpha value is -1.71. The maximum Gasteiger partial charge on any atom is 0.255 e. The van der Waals surface area contributed by atoms with Gasteiger partial charge in [0.05, 0.1) is 5.56 Å². The van der Waals surface area contributed by atoms with Crippen LogP contribution in [0.1, 0.15) is 30.6 Å². The van der Waals surface area contributed by atoms with Gasteiger partial charge in [-0.05, 0) is 25.5 Å². The van der Waals surface area contributed by atoms with E-state index in [-0.39, 0.29) is 29.0 Å². The van der Waals surface area contributed by atoms with Gasteiger partial charge in [0.25, 0.3) is 5.91 Å². The molecule has 0 fully saturated rings. The molecule has 0 aromatic heterocycles. The first-order valence-electron chi connectivity index (χ1n) is 4.88. The third-order valence-corrected chi connectivity index (χ3v) is 2.25. The number of para-hydroxylation sites is 1. The van der Waals surface area contributed by atoms with Gasteiger partial charge in [0.2, 0.25) is 0 Å². The van der Waals surface area contributed by atoms with Gasteiger partial charge in [-0.15, -0.1) is 0 Å². The van der Waals surface area contributed by atoms with Crippen molar-refractivity contribution in [3.8, 4) is 11.5 Å². The van der Waals surface area contributed by atoms with E-state index in [0.717, 1.165) is 6.42 Å². The van der Waals surface area contributed by atoms with Gasteiger partial charge in [0, 0.05) is 6.04 Å². The molecule has 15 heavy (non-hydrogen) atoms. The van der Waals surface area contributed by atoms with Gasteiger partial charge in [0.1, 0.15) is 0 Å². The van der Waals surface area contributed by atoms with Gasteiger partial charge in [-0.1, -0.05) is 13.0 Å². The second kappa shape index (κ2) is 4.68. The molecule has 82 valence electrons. The first kappa shape index (κ1) is 11.4. The molecule has 1 aromatic carbocycles. The highest BCUT2D eigenvalue weighted by Gasteiger charge is 2.14. The van der Waals surface area contributed by atoms with Gasteiger partial charge in [-0.3, -0.25) is 4.79 Å². The van der Waals surface area contributed by atoms with Crippen molar-refractivity contribution in [2.75, 3.05) is 0 Å². The van der Waals surface area contributed by atoms with Crippen molar-refractivity contribution >= 4 is 5.91 Å². The van der Waals surface area contributed by atoms with E-state index in [9.17, 15) is 15.0 Å². The molecule has 1 rings (SSSR count). The Bertz CT molecular complexity index is 363. The van der Waals surface area contributed by atoms with Gasteiger partial charge in [-0.25, -0.2) is 0 Å². The average Bonchev–Trinajstić information content (AvgIpc) is 2.21. The molecule has 0 heterocycles. The van der Waals surface area contributed by atoms with Crippen molar-refractivity contribution in [2.45, 2.75) is 26.3 Å². The Kier molecular flexibility index (Phi) is 3.55. The summed E-state index contributed by atoms with van der Waals surface area (Å²) >= 11 is 0. The van der Waals surface area contributed by atoms with Crippen molar-refractivity contribution < 1.29 is 15.0 Å². The van der Waals surface area contributed by atoms with Gasteiger partial charge >= 0.3 is 0 Å². The van der Waals surface area contributed by atoms with E-state index in [1.165, 1.54) is 18.2 Å². The zero-order valence-electron chi connectivity index (χ0n) is 8.82. The number of nitrogens with one attached hydrogen (secondary N) is 1. The van der Waals surface area contributed by atoms with E-state index in [1.54, 1.807) is 0 Å². The minimum atomic E-state index is -0.377. The van der Waals surface area contributed by atoms with Crippen molar-refractivity contribution in [1.29, 1.82) is 0 Å². The summed E-state index contributed by atoms with van der Waals surface area (Å²) in [6.45, 7) is 3.82. The number of benzene rings is 1. The molecule has 1 aromatic rings. The molecule has 0 saturated carbocycles. The number of rotatable bonds is 3. The molecule has 0 saturated heterocycles. The lowest BCUT2D eigenvalue weighted by Gasteiger charge is -2.12. The molecule has 0 bridgehead atoms. The first-order chi connectivity index (χ1) is 7.06. The highest BCUT2D eigenvalue weighted by atomic mass is 16.3. The summed E-state index contributed by atoms with van der Waals surface area (Å²) in [7, 11) is 0. The van der Waals surface area contributed by atoms with Gasteiger partial charge in [0.15, 0.2) is 11.5 Å². The summed E-state index contributed by atoms with van der Waals surface area (Å²) in [5, 5.41) is 21.4. The second-order valence-electron chi connectivity index (χ2n) is 3.46. The Morgan fingerprint density at radius 3 is 2.73 bits per heavy atom. The predicted molar refractivity (Wildman–Crippen MR) is 57.0 cm³/mol. The molecule has 1 atom stereocenters. The van der Waals surface area contributed by atoms with Gasteiger partial charge in [-0.2, -0.15) is 0 Å². The van der Waals surface area contributed by atoms with Crippen molar-refractivity contribution in [1.82, 2.24) is 5.32 Å². The standard InChI is InChI=1S/C11H15NO3/c1-3-7(2)12-11(15)8-5-4-6-9(13)10(8)14/h4-7,13-14H,3H2,1-2H3,(H,12,15). The molecule has 3 N–H and O–H groups in total. The van der Waals surface area contributed by atoms with E-state index in [4.69, 9.17) is 0 Å². The van der Waals surface area contributed by atoms with Crippen LogP contribution in [0.3, 0.4) is 0 Å². The fourth-order valence-corrected chi connectivity index (χ4v) is 1.12. The largest absolute Gasteiger partial charge is 0.504 e. The molecular formula is C11H15NO3. The topological polar surface area (TPSA) is 69.6 Å². The highest BCUT2D eigenvalue weighted by Crippen LogP contribution is 2.27. The van der Waals surface area contributed by atoms with Crippen LogP contribution >= 0.6 is 0 Å². The van der Waals surface area contributed by atoms with Crippen LogP contribution in [-0.4, -0.2) is 22.2 Å².